The number of hydrogen-bond donors (Lipinski definition) is 1. The maximum absolute atomic E-state index is 5.62. The first-order valence-electron chi connectivity index (χ1n) is 7.07. The van der Waals surface area contributed by atoms with Crippen molar-refractivity contribution in [3.8, 4) is 0 Å². The number of para-hydroxylation sites is 2. The fourth-order valence-electron chi connectivity index (χ4n) is 2.69. The zero-order valence-electron chi connectivity index (χ0n) is 11.4. The van der Waals surface area contributed by atoms with E-state index >= 15 is 0 Å². The average molecular weight is 259 g/mol. The predicted molar refractivity (Wildman–Crippen MR) is 76.0 cm³/mol. The van der Waals surface area contributed by atoms with Crippen molar-refractivity contribution in [2.24, 2.45) is 7.05 Å². The van der Waals surface area contributed by atoms with E-state index in [1.807, 2.05) is 6.07 Å². The molecule has 1 aromatic carbocycles. The topological polar surface area (TPSA) is 39.1 Å². The van der Waals surface area contributed by atoms with Crippen LogP contribution in [0.25, 0.3) is 11.0 Å². The van der Waals surface area contributed by atoms with Crippen molar-refractivity contribution in [3.63, 3.8) is 0 Å². The molecule has 2 heterocycles. The molecule has 0 unspecified atom stereocenters. The molecule has 1 aromatic heterocycles. The van der Waals surface area contributed by atoms with Crippen LogP contribution in [0.1, 0.15) is 25.1 Å². The highest BCUT2D eigenvalue weighted by Gasteiger charge is 2.14. The number of imidazole rings is 1. The van der Waals surface area contributed by atoms with Gasteiger partial charge in [-0.1, -0.05) is 12.1 Å². The number of nitrogens with zero attached hydrogens (tertiary/aromatic N) is 2. The number of hydrogen-bond acceptors (Lipinski definition) is 3. The summed E-state index contributed by atoms with van der Waals surface area (Å²) in [5.41, 5.74) is 2.26. The minimum absolute atomic E-state index is 0.466. The lowest BCUT2D eigenvalue weighted by Gasteiger charge is -2.09. The quantitative estimate of drug-likeness (QED) is 0.837. The first kappa shape index (κ1) is 12.6. The van der Waals surface area contributed by atoms with Gasteiger partial charge in [0, 0.05) is 13.7 Å². The average Bonchev–Trinajstić information content (AvgIpc) is 3.04. The van der Waals surface area contributed by atoms with E-state index in [4.69, 9.17) is 4.74 Å². The van der Waals surface area contributed by atoms with E-state index in [2.05, 4.69) is 40.1 Å². The van der Waals surface area contributed by atoms with Gasteiger partial charge >= 0.3 is 0 Å². The molecule has 0 bridgehead atoms. The molecule has 0 saturated carbocycles. The Morgan fingerprint density at radius 3 is 3.11 bits per heavy atom. The molecule has 102 valence electrons. The third-order valence-corrected chi connectivity index (χ3v) is 3.83. The Balaban J connectivity index is 1.54. The Bertz CT molecular complexity index is 543. The van der Waals surface area contributed by atoms with Gasteiger partial charge in [-0.2, -0.15) is 0 Å². The third kappa shape index (κ3) is 2.80. The number of ether oxygens (including phenoxy) is 1. The maximum atomic E-state index is 5.62. The van der Waals surface area contributed by atoms with Gasteiger partial charge in [0.1, 0.15) is 5.82 Å². The van der Waals surface area contributed by atoms with Gasteiger partial charge in [0.05, 0.1) is 23.7 Å². The van der Waals surface area contributed by atoms with Gasteiger partial charge in [0.25, 0.3) is 0 Å². The van der Waals surface area contributed by atoms with Gasteiger partial charge in [-0.05, 0) is 37.9 Å². The van der Waals surface area contributed by atoms with Crippen molar-refractivity contribution in [3.05, 3.63) is 30.1 Å². The second-order valence-electron chi connectivity index (χ2n) is 5.18. The summed E-state index contributed by atoms with van der Waals surface area (Å²) in [4.78, 5) is 4.65. The fourth-order valence-corrected chi connectivity index (χ4v) is 2.69. The molecule has 19 heavy (non-hydrogen) atoms. The highest BCUT2D eigenvalue weighted by atomic mass is 16.5. The van der Waals surface area contributed by atoms with Gasteiger partial charge < -0.3 is 14.6 Å². The second kappa shape index (κ2) is 5.72. The molecule has 1 atom stereocenters. The largest absolute Gasteiger partial charge is 0.378 e. The minimum Gasteiger partial charge on any atom is -0.378 e. The van der Waals surface area contributed by atoms with Crippen molar-refractivity contribution in [1.82, 2.24) is 14.9 Å². The number of fused-ring (bicyclic) bond motifs is 1. The fraction of sp³-hybridized carbons (Fsp3) is 0.533. The van der Waals surface area contributed by atoms with Crippen LogP contribution in [-0.2, 0) is 18.3 Å². The van der Waals surface area contributed by atoms with Crippen LogP contribution in [0.4, 0.5) is 0 Å². The van der Waals surface area contributed by atoms with E-state index in [-0.39, 0.29) is 0 Å². The number of aryl methyl sites for hydroxylation is 1. The Labute approximate surface area is 113 Å². The van der Waals surface area contributed by atoms with Gasteiger partial charge in [0.2, 0.25) is 0 Å². The molecule has 0 amide bonds. The first-order valence-corrected chi connectivity index (χ1v) is 7.07. The Hall–Kier alpha value is -1.39. The van der Waals surface area contributed by atoms with E-state index in [1.54, 1.807) is 0 Å². The molecule has 1 N–H and O–H groups in total. The zero-order valence-corrected chi connectivity index (χ0v) is 11.4. The molecule has 0 radical (unpaired) electrons. The molecule has 4 heteroatoms. The zero-order chi connectivity index (χ0) is 13.1. The van der Waals surface area contributed by atoms with Gasteiger partial charge in [-0.25, -0.2) is 4.98 Å². The SMILES string of the molecule is Cn1c(CNCC[C@@H]2CCCO2)nc2ccccc21. The van der Waals surface area contributed by atoms with Gasteiger partial charge in [0.15, 0.2) is 0 Å². The summed E-state index contributed by atoms with van der Waals surface area (Å²) in [6.07, 6.45) is 4.00. The summed E-state index contributed by atoms with van der Waals surface area (Å²) in [5.74, 6) is 1.09. The Morgan fingerprint density at radius 2 is 2.32 bits per heavy atom. The van der Waals surface area contributed by atoms with Crippen molar-refractivity contribution >= 4 is 11.0 Å². The van der Waals surface area contributed by atoms with Gasteiger partial charge in [-0.15, -0.1) is 0 Å². The number of rotatable bonds is 5. The number of nitrogens with one attached hydrogen (secondary N) is 1. The van der Waals surface area contributed by atoms with Crippen LogP contribution in [-0.4, -0.2) is 28.8 Å². The molecule has 3 rings (SSSR count). The number of aromatic nitrogens is 2. The molecular formula is C15H21N3O. The van der Waals surface area contributed by atoms with Crippen molar-refractivity contribution in [2.45, 2.75) is 31.9 Å². The second-order valence-corrected chi connectivity index (χ2v) is 5.18. The van der Waals surface area contributed by atoms with Crippen LogP contribution in [0.2, 0.25) is 0 Å². The standard InChI is InChI=1S/C15H21N3O/c1-18-14-7-3-2-6-13(14)17-15(18)11-16-9-8-12-5-4-10-19-12/h2-3,6-7,12,16H,4-5,8-11H2,1H3/t12-/m0/s1. The highest BCUT2D eigenvalue weighted by molar-refractivity contribution is 5.75. The lowest BCUT2D eigenvalue weighted by atomic mass is 10.2. The molecular weight excluding hydrogens is 238 g/mol. The maximum Gasteiger partial charge on any atom is 0.123 e. The molecule has 1 aliphatic heterocycles. The highest BCUT2D eigenvalue weighted by Crippen LogP contribution is 2.15. The minimum atomic E-state index is 0.466. The predicted octanol–water partition coefficient (Wildman–Crippen LogP) is 2.23. The van der Waals surface area contributed by atoms with Crippen LogP contribution in [0.15, 0.2) is 24.3 Å². The summed E-state index contributed by atoms with van der Waals surface area (Å²) in [7, 11) is 2.08. The van der Waals surface area contributed by atoms with E-state index < -0.39 is 0 Å². The summed E-state index contributed by atoms with van der Waals surface area (Å²) < 4.78 is 7.78. The van der Waals surface area contributed by atoms with E-state index in [9.17, 15) is 0 Å². The Kier molecular flexibility index (Phi) is 3.80. The molecule has 0 aliphatic carbocycles. The first-order chi connectivity index (χ1) is 9.34. The van der Waals surface area contributed by atoms with Crippen LogP contribution in [0, 0.1) is 0 Å². The van der Waals surface area contributed by atoms with E-state index in [0.29, 0.717) is 6.10 Å². The smallest absolute Gasteiger partial charge is 0.123 e. The molecule has 2 aromatic rings. The molecule has 4 nitrogen and oxygen atoms in total. The van der Waals surface area contributed by atoms with E-state index in [1.165, 1.54) is 18.4 Å². The van der Waals surface area contributed by atoms with Gasteiger partial charge in [-0.3, -0.25) is 0 Å². The van der Waals surface area contributed by atoms with Crippen molar-refractivity contribution in [2.75, 3.05) is 13.2 Å². The molecule has 1 saturated heterocycles. The lowest BCUT2D eigenvalue weighted by Crippen LogP contribution is -2.21. The van der Waals surface area contributed by atoms with Crippen LogP contribution in [0.3, 0.4) is 0 Å². The molecule has 1 fully saturated rings. The van der Waals surface area contributed by atoms with Crippen LogP contribution >= 0.6 is 0 Å². The summed E-state index contributed by atoms with van der Waals surface area (Å²) in [5, 5.41) is 3.47. The monoisotopic (exact) mass is 259 g/mol. The Morgan fingerprint density at radius 1 is 1.42 bits per heavy atom. The summed E-state index contributed by atoms with van der Waals surface area (Å²) in [6, 6.07) is 8.26. The van der Waals surface area contributed by atoms with Crippen LogP contribution < -0.4 is 5.32 Å². The lowest BCUT2D eigenvalue weighted by molar-refractivity contribution is 0.104. The van der Waals surface area contributed by atoms with E-state index in [0.717, 1.165) is 37.5 Å². The molecule has 1 aliphatic rings. The summed E-state index contributed by atoms with van der Waals surface area (Å²) in [6.45, 7) is 2.75. The summed E-state index contributed by atoms with van der Waals surface area (Å²) >= 11 is 0. The third-order valence-electron chi connectivity index (χ3n) is 3.83. The van der Waals surface area contributed by atoms with Crippen molar-refractivity contribution < 1.29 is 4.74 Å². The van der Waals surface area contributed by atoms with Crippen molar-refractivity contribution in [1.29, 1.82) is 0 Å². The normalized spacial score (nSPS) is 19.3. The van der Waals surface area contributed by atoms with Crippen LogP contribution in [0.5, 0.6) is 0 Å². The number of benzene rings is 1. The molecule has 0 spiro atoms.